The van der Waals surface area contributed by atoms with Crippen molar-refractivity contribution in [1.29, 1.82) is 0 Å². The Hall–Kier alpha value is -1.90. The molecule has 0 aliphatic carbocycles. The van der Waals surface area contributed by atoms with Gasteiger partial charge in [0, 0.05) is 11.4 Å². The van der Waals surface area contributed by atoms with Gasteiger partial charge in [0.1, 0.15) is 6.61 Å². The summed E-state index contributed by atoms with van der Waals surface area (Å²) in [6.45, 7) is -1.05. The molecule has 0 aliphatic heterocycles. The van der Waals surface area contributed by atoms with Crippen molar-refractivity contribution in [1.82, 2.24) is 0 Å². The number of carbonyl (C=O) groups is 1. The van der Waals surface area contributed by atoms with Crippen LogP contribution < -0.4 is 11.1 Å². The average molecular weight is 312 g/mol. The second-order valence-corrected chi connectivity index (χ2v) is 4.06. The summed E-state index contributed by atoms with van der Waals surface area (Å²) in [5.41, 5.74) is 3.60. The Morgan fingerprint density at radius 1 is 1.33 bits per heavy atom. The number of carbonyl (C=O) groups excluding carboxylic acids is 1. The fourth-order valence-corrected chi connectivity index (χ4v) is 1.44. The summed E-state index contributed by atoms with van der Waals surface area (Å²) < 4.78 is 65.8. The van der Waals surface area contributed by atoms with E-state index >= 15 is 0 Å². The molecular formula is C12H13F5N2O2. The molecule has 118 valence electrons. The number of ether oxygens (including phenoxy) is 1. The molecule has 0 spiro atoms. The van der Waals surface area contributed by atoms with E-state index in [1.807, 2.05) is 0 Å². The number of halogens is 5. The van der Waals surface area contributed by atoms with Gasteiger partial charge in [-0.25, -0.2) is 8.78 Å². The monoisotopic (exact) mass is 312 g/mol. The molecule has 0 bridgehead atoms. The summed E-state index contributed by atoms with van der Waals surface area (Å²) in [6.07, 6.45) is -7.52. The van der Waals surface area contributed by atoms with Crippen LogP contribution in [0, 0.1) is 0 Å². The number of nitrogen functional groups attached to an aromatic ring is 1. The Labute approximate surface area is 117 Å². The van der Waals surface area contributed by atoms with Crippen LogP contribution in [0.3, 0.4) is 0 Å². The quantitative estimate of drug-likeness (QED) is 0.482. The molecule has 0 saturated heterocycles. The van der Waals surface area contributed by atoms with Gasteiger partial charge in [-0.2, -0.15) is 13.2 Å². The number of nitrogens with two attached hydrogens (primary N) is 1. The smallest absolute Gasteiger partial charge is 0.398 e. The minimum Gasteiger partial charge on any atom is -0.398 e. The fourth-order valence-electron chi connectivity index (χ4n) is 1.44. The molecule has 1 aromatic rings. The highest BCUT2D eigenvalue weighted by molar-refractivity contribution is 5.91. The Balaban J connectivity index is 2.57. The number of hydrogen-bond acceptors (Lipinski definition) is 3. The minimum absolute atomic E-state index is 0.0876. The number of benzene rings is 1. The van der Waals surface area contributed by atoms with E-state index in [1.165, 1.54) is 6.07 Å². The Kier molecular flexibility index (Phi) is 5.89. The first-order valence-corrected chi connectivity index (χ1v) is 5.82. The first kappa shape index (κ1) is 17.2. The molecule has 1 amide bonds. The third-order valence-corrected chi connectivity index (χ3v) is 2.36. The van der Waals surface area contributed by atoms with Crippen molar-refractivity contribution in [2.75, 3.05) is 24.3 Å². The second-order valence-electron chi connectivity index (χ2n) is 4.06. The van der Waals surface area contributed by atoms with Gasteiger partial charge in [-0.1, -0.05) is 0 Å². The van der Waals surface area contributed by atoms with Crippen LogP contribution in [0.4, 0.5) is 33.3 Å². The Morgan fingerprint density at radius 3 is 2.57 bits per heavy atom. The molecule has 1 aromatic carbocycles. The zero-order valence-corrected chi connectivity index (χ0v) is 10.7. The number of alkyl halides is 5. The number of hydrogen-bond donors (Lipinski definition) is 2. The predicted molar refractivity (Wildman–Crippen MR) is 65.9 cm³/mol. The first-order chi connectivity index (χ1) is 9.70. The summed E-state index contributed by atoms with van der Waals surface area (Å²) in [4.78, 5) is 11.4. The predicted octanol–water partition coefficient (Wildman–Crippen LogP) is 2.90. The molecule has 0 heterocycles. The molecule has 0 atom stereocenters. The van der Waals surface area contributed by atoms with Gasteiger partial charge in [-0.15, -0.1) is 0 Å². The van der Waals surface area contributed by atoms with Crippen LogP contribution in [0.2, 0.25) is 0 Å². The summed E-state index contributed by atoms with van der Waals surface area (Å²) in [7, 11) is 0. The highest BCUT2D eigenvalue weighted by atomic mass is 19.4. The molecule has 0 unspecified atom stereocenters. The van der Waals surface area contributed by atoms with Gasteiger partial charge in [0.25, 0.3) is 6.43 Å². The fraction of sp³-hybridized carbons (Fsp3) is 0.417. The number of amides is 1. The molecule has 0 aliphatic rings. The van der Waals surface area contributed by atoms with E-state index in [1.54, 1.807) is 0 Å². The highest BCUT2D eigenvalue weighted by Gasteiger charge is 2.33. The van der Waals surface area contributed by atoms with Gasteiger partial charge in [-0.05, 0) is 18.2 Å². The molecule has 9 heteroatoms. The van der Waals surface area contributed by atoms with E-state index < -0.39 is 36.4 Å². The molecule has 0 radical (unpaired) electrons. The molecule has 0 fully saturated rings. The van der Waals surface area contributed by atoms with Crippen molar-refractivity contribution in [3.05, 3.63) is 23.8 Å². The van der Waals surface area contributed by atoms with Crippen molar-refractivity contribution in [2.45, 2.75) is 19.0 Å². The second kappa shape index (κ2) is 7.21. The van der Waals surface area contributed by atoms with Crippen LogP contribution in [0.25, 0.3) is 0 Å². The van der Waals surface area contributed by atoms with Crippen LogP contribution in [-0.2, 0) is 15.7 Å². The van der Waals surface area contributed by atoms with Crippen LogP contribution in [0.5, 0.6) is 0 Å². The molecule has 1 rings (SSSR count). The van der Waals surface area contributed by atoms with Crippen LogP contribution in [0.1, 0.15) is 12.0 Å². The van der Waals surface area contributed by atoms with Crippen LogP contribution in [0.15, 0.2) is 18.2 Å². The topological polar surface area (TPSA) is 64.3 Å². The third-order valence-electron chi connectivity index (χ3n) is 2.36. The van der Waals surface area contributed by atoms with Gasteiger partial charge in [0.15, 0.2) is 0 Å². The zero-order valence-electron chi connectivity index (χ0n) is 10.7. The molecule has 4 nitrogen and oxygen atoms in total. The average Bonchev–Trinajstić information content (AvgIpc) is 2.35. The minimum atomic E-state index is -4.63. The zero-order chi connectivity index (χ0) is 16.0. The lowest BCUT2D eigenvalue weighted by atomic mass is 10.1. The lowest BCUT2D eigenvalue weighted by molar-refractivity contribution is -0.137. The Morgan fingerprint density at radius 2 is 2.00 bits per heavy atom. The van der Waals surface area contributed by atoms with Crippen molar-refractivity contribution < 1.29 is 31.5 Å². The number of nitrogens with one attached hydrogen (secondary N) is 1. The van der Waals surface area contributed by atoms with E-state index in [2.05, 4.69) is 10.1 Å². The maximum Gasteiger partial charge on any atom is 0.418 e. The summed E-state index contributed by atoms with van der Waals surface area (Å²) in [6, 6.07) is 2.93. The standard InChI is InChI=1S/C12H13F5N2O2/c13-10(14)6-21-4-3-11(20)19-7-1-2-9(18)8(5-7)12(15,16)17/h1-2,5,10H,3-4,6,18H2,(H,19,20). The van der Waals surface area contributed by atoms with E-state index in [-0.39, 0.29) is 18.7 Å². The number of rotatable bonds is 6. The first-order valence-electron chi connectivity index (χ1n) is 5.82. The lowest BCUT2D eigenvalue weighted by Crippen LogP contribution is -2.16. The van der Waals surface area contributed by atoms with Crippen molar-refractivity contribution in [3.8, 4) is 0 Å². The van der Waals surface area contributed by atoms with E-state index in [0.29, 0.717) is 6.07 Å². The molecule has 0 saturated carbocycles. The molecule has 0 aromatic heterocycles. The third kappa shape index (κ3) is 5.94. The van der Waals surface area contributed by atoms with Gasteiger partial charge in [0.2, 0.25) is 5.91 Å². The molecule has 21 heavy (non-hydrogen) atoms. The van der Waals surface area contributed by atoms with E-state index in [9.17, 15) is 26.7 Å². The van der Waals surface area contributed by atoms with Crippen LogP contribution >= 0.6 is 0 Å². The van der Waals surface area contributed by atoms with Gasteiger partial charge in [-0.3, -0.25) is 4.79 Å². The molecule has 3 N–H and O–H groups in total. The summed E-state index contributed by atoms with van der Waals surface area (Å²) >= 11 is 0. The Bertz CT molecular complexity index is 491. The van der Waals surface area contributed by atoms with E-state index in [4.69, 9.17) is 5.73 Å². The van der Waals surface area contributed by atoms with Crippen LogP contribution in [-0.4, -0.2) is 25.5 Å². The number of anilines is 2. The maximum absolute atomic E-state index is 12.6. The van der Waals surface area contributed by atoms with Crippen molar-refractivity contribution in [2.24, 2.45) is 0 Å². The summed E-state index contributed by atoms with van der Waals surface area (Å²) in [5, 5.41) is 2.21. The van der Waals surface area contributed by atoms with E-state index in [0.717, 1.165) is 6.07 Å². The van der Waals surface area contributed by atoms with Gasteiger partial charge >= 0.3 is 6.18 Å². The lowest BCUT2D eigenvalue weighted by Gasteiger charge is -2.12. The highest BCUT2D eigenvalue weighted by Crippen LogP contribution is 2.35. The normalized spacial score (nSPS) is 11.7. The van der Waals surface area contributed by atoms with Gasteiger partial charge < -0.3 is 15.8 Å². The SMILES string of the molecule is Nc1ccc(NC(=O)CCOCC(F)F)cc1C(F)(F)F. The maximum atomic E-state index is 12.6. The van der Waals surface area contributed by atoms with Crippen molar-refractivity contribution >= 4 is 17.3 Å². The summed E-state index contributed by atoms with van der Waals surface area (Å²) in [5.74, 6) is -0.651. The molecular weight excluding hydrogens is 299 g/mol. The van der Waals surface area contributed by atoms with Gasteiger partial charge in [0.05, 0.1) is 18.6 Å². The van der Waals surface area contributed by atoms with Crippen molar-refractivity contribution in [3.63, 3.8) is 0 Å². The largest absolute Gasteiger partial charge is 0.418 e.